The molecule has 0 bridgehead atoms. The van der Waals surface area contributed by atoms with Crippen LogP contribution in [0.2, 0.25) is 0 Å². The van der Waals surface area contributed by atoms with E-state index in [1.165, 1.54) is 11.3 Å². The lowest BCUT2D eigenvalue weighted by molar-refractivity contribution is 0.0963. The number of thiazole rings is 1. The van der Waals surface area contributed by atoms with Gasteiger partial charge in [0.05, 0.1) is 5.69 Å². The Balaban J connectivity index is 1.71. The Bertz CT molecular complexity index is 959. The number of nitrogens with one attached hydrogen (secondary N) is 1. The number of nitrogens with zero attached hydrogens (tertiary/aromatic N) is 3. The van der Waals surface area contributed by atoms with Crippen molar-refractivity contribution in [3.05, 3.63) is 68.6 Å². The summed E-state index contributed by atoms with van der Waals surface area (Å²) in [4.78, 5) is 31.2. The molecule has 2 aromatic heterocycles. The van der Waals surface area contributed by atoms with Crippen LogP contribution >= 0.6 is 11.3 Å². The third-order valence-corrected chi connectivity index (χ3v) is 4.90. The molecular formula is C18H20N4O2S. The third-order valence-electron chi connectivity index (χ3n) is 3.96. The number of aryl methyl sites for hydroxylation is 1. The maximum absolute atomic E-state index is 12.2. The largest absolute Gasteiger partial charge is 0.355 e. The fraction of sp³-hybridized carbons (Fsp3) is 0.278. The summed E-state index contributed by atoms with van der Waals surface area (Å²) in [6, 6.07) is 9.10. The van der Waals surface area contributed by atoms with Gasteiger partial charge in [-0.05, 0) is 31.7 Å². The average Bonchev–Trinajstić information content (AvgIpc) is 2.96. The van der Waals surface area contributed by atoms with E-state index in [1.54, 1.807) is 17.5 Å². The van der Waals surface area contributed by atoms with E-state index in [4.69, 9.17) is 0 Å². The standard InChI is InChI=1S/C18H20N4O2S/c1-12-11-25-18-20-15(8-16(23)22(12)18)10-21(3)9-13-4-6-14(7-5-13)17(24)19-2/h4-8,11H,9-10H2,1-3H3,(H,19,24). The number of hydrogen-bond acceptors (Lipinski definition) is 5. The molecule has 0 saturated heterocycles. The summed E-state index contributed by atoms with van der Waals surface area (Å²) in [6.45, 7) is 3.19. The van der Waals surface area contributed by atoms with Crippen LogP contribution in [0.15, 0.2) is 40.5 Å². The Labute approximate surface area is 149 Å². The van der Waals surface area contributed by atoms with Crippen LogP contribution in [0, 0.1) is 6.92 Å². The second kappa shape index (κ2) is 7.16. The van der Waals surface area contributed by atoms with Gasteiger partial charge in [0, 0.05) is 42.8 Å². The lowest BCUT2D eigenvalue weighted by atomic mass is 10.1. The molecular weight excluding hydrogens is 336 g/mol. The SMILES string of the molecule is CNC(=O)c1ccc(CN(C)Cc2cc(=O)n3c(C)csc3n2)cc1. The predicted molar refractivity (Wildman–Crippen MR) is 99.1 cm³/mol. The molecule has 0 spiro atoms. The lowest BCUT2D eigenvalue weighted by Gasteiger charge is -2.16. The van der Waals surface area contributed by atoms with E-state index in [1.807, 2.05) is 43.6 Å². The summed E-state index contributed by atoms with van der Waals surface area (Å²) < 4.78 is 1.63. The fourth-order valence-corrected chi connectivity index (χ4v) is 3.62. The van der Waals surface area contributed by atoms with E-state index in [9.17, 15) is 9.59 Å². The number of aromatic nitrogens is 2. The molecule has 25 heavy (non-hydrogen) atoms. The lowest BCUT2D eigenvalue weighted by Crippen LogP contribution is -2.22. The first-order valence-corrected chi connectivity index (χ1v) is 8.82. The summed E-state index contributed by atoms with van der Waals surface area (Å²) in [5.74, 6) is -0.0934. The molecule has 3 aromatic rings. The molecule has 0 aliphatic rings. The van der Waals surface area contributed by atoms with Crippen LogP contribution in [0.4, 0.5) is 0 Å². The Morgan fingerprint density at radius 2 is 2.00 bits per heavy atom. The van der Waals surface area contributed by atoms with Crippen LogP contribution < -0.4 is 10.9 Å². The monoisotopic (exact) mass is 356 g/mol. The second-order valence-corrected chi connectivity index (χ2v) is 6.87. The van der Waals surface area contributed by atoms with Crippen molar-refractivity contribution in [3.8, 4) is 0 Å². The molecule has 1 N–H and O–H groups in total. The first-order valence-electron chi connectivity index (χ1n) is 7.94. The number of amides is 1. The van der Waals surface area contributed by atoms with E-state index in [-0.39, 0.29) is 11.5 Å². The molecule has 0 fully saturated rings. The van der Waals surface area contributed by atoms with Gasteiger partial charge >= 0.3 is 0 Å². The highest BCUT2D eigenvalue weighted by molar-refractivity contribution is 7.15. The van der Waals surface area contributed by atoms with E-state index < -0.39 is 0 Å². The molecule has 0 unspecified atom stereocenters. The number of carbonyl (C=O) groups is 1. The Morgan fingerprint density at radius 1 is 1.28 bits per heavy atom. The van der Waals surface area contributed by atoms with Crippen molar-refractivity contribution in [1.82, 2.24) is 19.6 Å². The minimum Gasteiger partial charge on any atom is -0.355 e. The molecule has 1 amide bonds. The molecule has 1 aromatic carbocycles. The first kappa shape index (κ1) is 17.3. The molecule has 7 heteroatoms. The van der Waals surface area contributed by atoms with Gasteiger partial charge in [0.2, 0.25) is 0 Å². The van der Waals surface area contributed by atoms with Crippen molar-refractivity contribution in [3.63, 3.8) is 0 Å². The summed E-state index contributed by atoms with van der Waals surface area (Å²) in [7, 11) is 3.60. The summed E-state index contributed by atoms with van der Waals surface area (Å²) in [5, 5.41) is 4.54. The first-order chi connectivity index (χ1) is 12.0. The molecule has 2 heterocycles. The van der Waals surface area contributed by atoms with E-state index in [2.05, 4.69) is 15.2 Å². The zero-order chi connectivity index (χ0) is 18.0. The number of rotatable bonds is 5. The van der Waals surface area contributed by atoms with E-state index in [0.717, 1.165) is 21.9 Å². The number of benzene rings is 1. The molecule has 6 nitrogen and oxygen atoms in total. The quantitative estimate of drug-likeness (QED) is 0.760. The molecule has 0 aliphatic carbocycles. The molecule has 0 radical (unpaired) electrons. The van der Waals surface area contributed by atoms with E-state index in [0.29, 0.717) is 18.7 Å². The van der Waals surface area contributed by atoms with Crippen LogP contribution in [-0.4, -0.2) is 34.3 Å². The third kappa shape index (κ3) is 3.78. The topological polar surface area (TPSA) is 66.7 Å². The number of carbonyl (C=O) groups excluding carboxylic acids is 1. The zero-order valence-electron chi connectivity index (χ0n) is 14.4. The minimum absolute atomic E-state index is 0.0397. The van der Waals surface area contributed by atoms with E-state index >= 15 is 0 Å². The maximum Gasteiger partial charge on any atom is 0.259 e. The van der Waals surface area contributed by atoms with Crippen molar-refractivity contribution in [2.75, 3.05) is 14.1 Å². The molecule has 3 rings (SSSR count). The molecule has 0 atom stereocenters. The summed E-state index contributed by atoms with van der Waals surface area (Å²) in [5.41, 5.74) is 3.37. The minimum atomic E-state index is -0.0934. The summed E-state index contributed by atoms with van der Waals surface area (Å²) in [6.07, 6.45) is 0. The number of hydrogen-bond donors (Lipinski definition) is 1. The van der Waals surface area contributed by atoms with Crippen LogP contribution in [0.25, 0.3) is 4.96 Å². The average molecular weight is 356 g/mol. The van der Waals surface area contributed by atoms with Gasteiger partial charge in [-0.2, -0.15) is 0 Å². The normalized spacial score (nSPS) is 11.2. The van der Waals surface area contributed by atoms with Crippen molar-refractivity contribution < 1.29 is 4.79 Å². The van der Waals surface area contributed by atoms with Gasteiger partial charge in [0.15, 0.2) is 4.96 Å². The summed E-state index contributed by atoms with van der Waals surface area (Å²) >= 11 is 1.48. The highest BCUT2D eigenvalue weighted by atomic mass is 32.1. The molecule has 0 saturated carbocycles. The number of fused-ring (bicyclic) bond motifs is 1. The maximum atomic E-state index is 12.2. The van der Waals surface area contributed by atoms with Crippen LogP contribution in [0.3, 0.4) is 0 Å². The van der Waals surface area contributed by atoms with Gasteiger partial charge in [0.1, 0.15) is 0 Å². The van der Waals surface area contributed by atoms with Crippen molar-refractivity contribution in [1.29, 1.82) is 0 Å². The second-order valence-electron chi connectivity index (χ2n) is 6.03. The fourth-order valence-electron chi connectivity index (χ4n) is 2.73. The van der Waals surface area contributed by atoms with Crippen LogP contribution in [0.1, 0.15) is 27.3 Å². The Morgan fingerprint density at radius 3 is 2.68 bits per heavy atom. The van der Waals surface area contributed by atoms with Crippen molar-refractivity contribution >= 4 is 22.2 Å². The van der Waals surface area contributed by atoms with Crippen molar-refractivity contribution in [2.45, 2.75) is 20.0 Å². The van der Waals surface area contributed by atoms with Crippen LogP contribution in [0.5, 0.6) is 0 Å². The van der Waals surface area contributed by atoms with Gasteiger partial charge in [-0.25, -0.2) is 4.98 Å². The van der Waals surface area contributed by atoms with Gasteiger partial charge in [-0.15, -0.1) is 11.3 Å². The van der Waals surface area contributed by atoms with Gasteiger partial charge in [-0.3, -0.25) is 18.9 Å². The zero-order valence-corrected chi connectivity index (χ0v) is 15.3. The Hall–Kier alpha value is -2.51. The predicted octanol–water partition coefficient (Wildman–Crippen LogP) is 2.06. The highest BCUT2D eigenvalue weighted by Gasteiger charge is 2.09. The smallest absolute Gasteiger partial charge is 0.259 e. The highest BCUT2D eigenvalue weighted by Crippen LogP contribution is 2.13. The van der Waals surface area contributed by atoms with Gasteiger partial charge < -0.3 is 5.32 Å². The molecule has 130 valence electrons. The van der Waals surface area contributed by atoms with Gasteiger partial charge in [0.25, 0.3) is 11.5 Å². The van der Waals surface area contributed by atoms with Gasteiger partial charge in [-0.1, -0.05) is 12.1 Å². The Kier molecular flexibility index (Phi) is 4.96. The van der Waals surface area contributed by atoms with Crippen molar-refractivity contribution in [2.24, 2.45) is 0 Å². The van der Waals surface area contributed by atoms with Crippen LogP contribution in [-0.2, 0) is 13.1 Å². The molecule has 0 aliphatic heterocycles.